The molecule has 158 valence electrons. The molecule has 1 aromatic carbocycles. The average Bonchev–Trinajstić information content (AvgIpc) is 2.71. The van der Waals surface area contributed by atoms with E-state index in [1.54, 1.807) is 13.0 Å². The monoisotopic (exact) mass is 406 g/mol. The van der Waals surface area contributed by atoms with Crippen LogP contribution in [0.2, 0.25) is 0 Å². The SMILES string of the molecule is CCCCOC1CCC(c2ccc3c(c2F)C2C(F)=C(F)C(OCC)=CC32)CC1. The molecule has 2 unspecified atom stereocenters. The fourth-order valence-electron chi connectivity index (χ4n) is 4.97. The summed E-state index contributed by atoms with van der Waals surface area (Å²) in [6, 6.07) is 3.73. The minimum Gasteiger partial charge on any atom is -0.491 e. The van der Waals surface area contributed by atoms with Crippen LogP contribution in [0.3, 0.4) is 0 Å². The molecule has 0 saturated heterocycles. The van der Waals surface area contributed by atoms with E-state index in [2.05, 4.69) is 6.92 Å². The number of hydrogen-bond acceptors (Lipinski definition) is 2. The maximum absolute atomic E-state index is 15.4. The van der Waals surface area contributed by atoms with Crippen molar-refractivity contribution in [1.82, 2.24) is 0 Å². The zero-order valence-electron chi connectivity index (χ0n) is 17.1. The summed E-state index contributed by atoms with van der Waals surface area (Å²) in [4.78, 5) is 0. The maximum atomic E-state index is 15.4. The van der Waals surface area contributed by atoms with Crippen molar-refractivity contribution in [2.24, 2.45) is 0 Å². The van der Waals surface area contributed by atoms with Crippen LogP contribution in [0, 0.1) is 5.82 Å². The van der Waals surface area contributed by atoms with Crippen molar-refractivity contribution in [3.8, 4) is 0 Å². The largest absolute Gasteiger partial charge is 0.491 e. The lowest BCUT2D eigenvalue weighted by atomic mass is 9.64. The molecule has 0 aliphatic heterocycles. The van der Waals surface area contributed by atoms with Gasteiger partial charge < -0.3 is 9.47 Å². The number of halogens is 3. The van der Waals surface area contributed by atoms with Crippen molar-refractivity contribution in [3.05, 3.63) is 58.1 Å². The molecule has 1 saturated carbocycles. The van der Waals surface area contributed by atoms with Gasteiger partial charge in [0.05, 0.1) is 18.6 Å². The van der Waals surface area contributed by atoms with Crippen LogP contribution in [0.15, 0.2) is 35.6 Å². The molecular formula is C24H29F3O2. The summed E-state index contributed by atoms with van der Waals surface area (Å²) < 4.78 is 55.5. The summed E-state index contributed by atoms with van der Waals surface area (Å²) in [6.07, 6.45) is 7.59. The Bertz CT molecular complexity index is 822. The Morgan fingerprint density at radius 2 is 1.72 bits per heavy atom. The van der Waals surface area contributed by atoms with Crippen molar-refractivity contribution in [1.29, 1.82) is 0 Å². The van der Waals surface area contributed by atoms with Crippen LogP contribution in [-0.2, 0) is 9.47 Å². The molecule has 5 heteroatoms. The van der Waals surface area contributed by atoms with Crippen LogP contribution < -0.4 is 0 Å². The Hall–Kier alpha value is -1.75. The highest BCUT2D eigenvalue weighted by atomic mass is 19.2. The predicted molar refractivity (Wildman–Crippen MR) is 107 cm³/mol. The lowest BCUT2D eigenvalue weighted by Gasteiger charge is -2.41. The van der Waals surface area contributed by atoms with Gasteiger partial charge in [0.25, 0.3) is 0 Å². The molecule has 29 heavy (non-hydrogen) atoms. The number of ether oxygens (including phenoxy) is 2. The van der Waals surface area contributed by atoms with E-state index in [4.69, 9.17) is 9.47 Å². The quantitative estimate of drug-likeness (QED) is 0.457. The average molecular weight is 406 g/mol. The third-order valence-corrected chi connectivity index (χ3v) is 6.57. The molecule has 0 amide bonds. The molecule has 2 nitrogen and oxygen atoms in total. The number of unbranched alkanes of at least 4 members (excludes halogenated alkanes) is 1. The standard InChI is InChI=1S/C24H29F3O2/c1-3-5-12-29-15-8-6-14(7-9-15)16-10-11-17-18-13-19(28-4-2)23(26)24(27)21(18)20(17)22(16)25/h10-11,13-15,18,21H,3-9,12H2,1-2H3. The lowest BCUT2D eigenvalue weighted by molar-refractivity contribution is 0.0230. The van der Waals surface area contributed by atoms with E-state index < -0.39 is 17.6 Å². The van der Waals surface area contributed by atoms with Gasteiger partial charge in [-0.05, 0) is 62.1 Å². The van der Waals surface area contributed by atoms with E-state index in [1.807, 2.05) is 12.1 Å². The van der Waals surface area contributed by atoms with Gasteiger partial charge in [-0.1, -0.05) is 25.5 Å². The number of rotatable bonds is 7. The first kappa shape index (κ1) is 20.5. The van der Waals surface area contributed by atoms with E-state index in [-0.39, 0.29) is 36.1 Å². The van der Waals surface area contributed by atoms with Crippen molar-refractivity contribution in [3.63, 3.8) is 0 Å². The van der Waals surface area contributed by atoms with Crippen LogP contribution in [0.25, 0.3) is 0 Å². The molecule has 0 spiro atoms. The second-order valence-corrected chi connectivity index (χ2v) is 8.30. The first-order valence-corrected chi connectivity index (χ1v) is 10.9. The summed E-state index contributed by atoms with van der Waals surface area (Å²) in [5.41, 5.74) is 1.71. The van der Waals surface area contributed by atoms with E-state index in [0.717, 1.165) is 50.7 Å². The zero-order valence-corrected chi connectivity index (χ0v) is 17.1. The zero-order chi connectivity index (χ0) is 20.5. The molecule has 1 aromatic rings. The molecule has 4 rings (SSSR count). The first-order chi connectivity index (χ1) is 14.1. The minimum atomic E-state index is -0.992. The van der Waals surface area contributed by atoms with E-state index in [9.17, 15) is 8.78 Å². The van der Waals surface area contributed by atoms with Gasteiger partial charge in [-0.2, -0.15) is 4.39 Å². The fraction of sp³-hybridized carbons (Fsp3) is 0.583. The Morgan fingerprint density at radius 1 is 1.00 bits per heavy atom. The molecule has 1 fully saturated rings. The fourth-order valence-corrected chi connectivity index (χ4v) is 4.97. The smallest absolute Gasteiger partial charge is 0.196 e. The van der Waals surface area contributed by atoms with Crippen LogP contribution >= 0.6 is 0 Å². The molecule has 3 aliphatic rings. The summed E-state index contributed by atoms with van der Waals surface area (Å²) in [6.45, 7) is 4.91. The predicted octanol–water partition coefficient (Wildman–Crippen LogP) is 6.93. The Labute approximate surface area is 170 Å². The topological polar surface area (TPSA) is 18.5 Å². The molecule has 0 heterocycles. The number of allylic oxidation sites excluding steroid dienone is 3. The second-order valence-electron chi connectivity index (χ2n) is 8.30. The summed E-state index contributed by atoms with van der Waals surface area (Å²) in [5, 5.41) is 0. The number of fused-ring (bicyclic) bond motifs is 4. The minimum absolute atomic E-state index is 0.0669. The molecule has 2 atom stereocenters. The van der Waals surface area contributed by atoms with Crippen molar-refractivity contribution < 1.29 is 22.6 Å². The summed E-state index contributed by atoms with van der Waals surface area (Å²) in [7, 11) is 0. The van der Waals surface area contributed by atoms with Crippen molar-refractivity contribution in [2.75, 3.05) is 13.2 Å². The molecule has 0 N–H and O–H groups in total. The van der Waals surface area contributed by atoms with Gasteiger partial charge >= 0.3 is 0 Å². The summed E-state index contributed by atoms with van der Waals surface area (Å²) in [5.74, 6) is -3.41. The number of hydrogen-bond donors (Lipinski definition) is 0. The molecule has 3 aliphatic carbocycles. The van der Waals surface area contributed by atoms with Gasteiger partial charge in [-0.25, -0.2) is 8.78 Å². The normalized spacial score (nSPS) is 28.4. The van der Waals surface area contributed by atoms with E-state index in [1.165, 1.54) is 0 Å². The highest BCUT2D eigenvalue weighted by Gasteiger charge is 2.47. The van der Waals surface area contributed by atoms with E-state index in [0.29, 0.717) is 11.1 Å². The molecule has 0 radical (unpaired) electrons. The third-order valence-electron chi connectivity index (χ3n) is 6.57. The van der Waals surface area contributed by atoms with Crippen molar-refractivity contribution in [2.45, 2.75) is 76.2 Å². The van der Waals surface area contributed by atoms with Crippen LogP contribution in [0.4, 0.5) is 13.2 Å². The highest BCUT2D eigenvalue weighted by Crippen LogP contribution is 2.58. The maximum Gasteiger partial charge on any atom is 0.196 e. The van der Waals surface area contributed by atoms with Crippen LogP contribution in [0.1, 0.15) is 86.8 Å². The first-order valence-electron chi connectivity index (χ1n) is 10.9. The number of benzene rings is 1. The van der Waals surface area contributed by atoms with Gasteiger partial charge in [0.2, 0.25) is 0 Å². The Kier molecular flexibility index (Phi) is 6.05. The van der Waals surface area contributed by atoms with Crippen LogP contribution in [-0.4, -0.2) is 19.3 Å². The van der Waals surface area contributed by atoms with Crippen molar-refractivity contribution >= 4 is 0 Å². The van der Waals surface area contributed by atoms with Gasteiger partial charge in [0, 0.05) is 18.1 Å². The van der Waals surface area contributed by atoms with Gasteiger partial charge in [-0.3, -0.25) is 0 Å². The van der Waals surface area contributed by atoms with Gasteiger partial charge in [-0.15, -0.1) is 0 Å². The molecule has 0 aromatic heterocycles. The Balaban J connectivity index is 1.51. The molecule has 0 bridgehead atoms. The lowest BCUT2D eigenvalue weighted by Crippen LogP contribution is -2.30. The summed E-state index contributed by atoms with van der Waals surface area (Å²) >= 11 is 0. The Morgan fingerprint density at radius 3 is 2.41 bits per heavy atom. The highest BCUT2D eigenvalue weighted by molar-refractivity contribution is 5.58. The molecular weight excluding hydrogens is 377 g/mol. The van der Waals surface area contributed by atoms with Crippen LogP contribution in [0.5, 0.6) is 0 Å². The third kappa shape index (κ3) is 3.63. The van der Waals surface area contributed by atoms with Gasteiger partial charge in [0.15, 0.2) is 11.6 Å². The second kappa shape index (κ2) is 8.55. The van der Waals surface area contributed by atoms with Gasteiger partial charge in [0.1, 0.15) is 11.6 Å². The van der Waals surface area contributed by atoms with E-state index >= 15 is 4.39 Å².